The van der Waals surface area contributed by atoms with E-state index in [4.69, 9.17) is 0 Å². The minimum absolute atomic E-state index is 1.09. The summed E-state index contributed by atoms with van der Waals surface area (Å²) in [6.07, 6.45) is 4.35. The first-order chi connectivity index (χ1) is 4.83. The first kappa shape index (κ1) is 8.21. The molecular weight excluding hydrogens is 210 g/mol. The van der Waals surface area contributed by atoms with Gasteiger partial charge in [-0.3, -0.25) is 0 Å². The van der Waals surface area contributed by atoms with Crippen LogP contribution in [0.3, 0.4) is 0 Å². The number of rotatable bonds is 3. The number of halogens is 1. The summed E-state index contributed by atoms with van der Waals surface area (Å²) in [5.74, 6) is 0. The lowest BCUT2D eigenvalue weighted by Gasteiger charge is -1.88. The molecule has 1 rings (SSSR count). The van der Waals surface area contributed by atoms with E-state index in [1.54, 1.807) is 11.3 Å². The normalized spacial score (nSPS) is 10.2. The number of aryl methyl sites for hydroxylation is 2. The molecule has 0 N–H and O–H groups in total. The van der Waals surface area contributed by atoms with Gasteiger partial charge in [0, 0.05) is 16.4 Å². The van der Waals surface area contributed by atoms with Crippen molar-refractivity contribution in [1.82, 2.24) is 4.98 Å². The zero-order valence-corrected chi connectivity index (χ0v) is 8.33. The second-order valence-electron chi connectivity index (χ2n) is 2.14. The van der Waals surface area contributed by atoms with E-state index in [1.807, 2.05) is 13.1 Å². The Labute approximate surface area is 73.6 Å². The minimum atomic E-state index is 1.09. The van der Waals surface area contributed by atoms with Gasteiger partial charge in [0.15, 0.2) is 0 Å². The van der Waals surface area contributed by atoms with Crippen molar-refractivity contribution in [1.29, 1.82) is 0 Å². The molecule has 0 spiro atoms. The van der Waals surface area contributed by atoms with Gasteiger partial charge in [-0.25, -0.2) is 4.98 Å². The Bertz CT molecular complexity index is 197. The van der Waals surface area contributed by atoms with Crippen LogP contribution < -0.4 is 0 Å². The van der Waals surface area contributed by atoms with Crippen molar-refractivity contribution in [2.75, 3.05) is 5.33 Å². The molecule has 1 heterocycles. The standard InChI is InChI=1S/C7H10BrNS/c1-6-9-5-7(10-6)3-2-4-8/h5H,2-4H2,1H3. The molecule has 1 aromatic heterocycles. The fourth-order valence-corrected chi connectivity index (χ4v) is 1.88. The van der Waals surface area contributed by atoms with Gasteiger partial charge in [0.2, 0.25) is 0 Å². The maximum Gasteiger partial charge on any atom is 0.0896 e. The van der Waals surface area contributed by atoms with Crippen LogP contribution >= 0.6 is 27.3 Å². The molecule has 1 nitrogen and oxygen atoms in total. The Morgan fingerprint density at radius 3 is 3.00 bits per heavy atom. The molecule has 56 valence electrons. The summed E-state index contributed by atoms with van der Waals surface area (Å²) in [7, 11) is 0. The van der Waals surface area contributed by atoms with E-state index in [2.05, 4.69) is 20.9 Å². The SMILES string of the molecule is Cc1ncc(CCCBr)s1. The molecule has 0 saturated heterocycles. The first-order valence-corrected chi connectivity index (χ1v) is 5.24. The molecule has 0 atom stereocenters. The van der Waals surface area contributed by atoms with Crippen LogP contribution in [0.1, 0.15) is 16.3 Å². The summed E-state index contributed by atoms with van der Waals surface area (Å²) in [6.45, 7) is 2.04. The van der Waals surface area contributed by atoms with Crippen LogP contribution in [0, 0.1) is 6.92 Å². The van der Waals surface area contributed by atoms with E-state index in [-0.39, 0.29) is 0 Å². The number of hydrogen-bond acceptors (Lipinski definition) is 2. The number of hydrogen-bond donors (Lipinski definition) is 0. The number of alkyl halides is 1. The molecule has 0 aliphatic carbocycles. The Balaban J connectivity index is 2.42. The van der Waals surface area contributed by atoms with Gasteiger partial charge >= 0.3 is 0 Å². The van der Waals surface area contributed by atoms with Crippen molar-refractivity contribution in [3.05, 3.63) is 16.1 Å². The lowest BCUT2D eigenvalue weighted by molar-refractivity contribution is 0.955. The Morgan fingerprint density at radius 1 is 1.70 bits per heavy atom. The van der Waals surface area contributed by atoms with Crippen molar-refractivity contribution in [2.45, 2.75) is 19.8 Å². The third-order valence-electron chi connectivity index (χ3n) is 1.23. The van der Waals surface area contributed by atoms with Gasteiger partial charge < -0.3 is 0 Å². The van der Waals surface area contributed by atoms with Crippen LogP contribution in [0.4, 0.5) is 0 Å². The summed E-state index contributed by atoms with van der Waals surface area (Å²) in [4.78, 5) is 5.57. The van der Waals surface area contributed by atoms with Gasteiger partial charge in [-0.2, -0.15) is 0 Å². The highest BCUT2D eigenvalue weighted by Gasteiger charge is 1.95. The van der Waals surface area contributed by atoms with Crippen LogP contribution in [-0.4, -0.2) is 10.3 Å². The van der Waals surface area contributed by atoms with Crippen molar-refractivity contribution in [3.8, 4) is 0 Å². The lowest BCUT2D eigenvalue weighted by Crippen LogP contribution is -1.79. The molecule has 0 aliphatic rings. The van der Waals surface area contributed by atoms with Crippen LogP contribution in [-0.2, 0) is 6.42 Å². The van der Waals surface area contributed by atoms with Crippen molar-refractivity contribution in [2.24, 2.45) is 0 Å². The predicted octanol–water partition coefficient (Wildman–Crippen LogP) is 2.78. The molecule has 1 aromatic rings. The zero-order valence-electron chi connectivity index (χ0n) is 5.93. The maximum atomic E-state index is 4.17. The molecule has 0 unspecified atom stereocenters. The maximum absolute atomic E-state index is 4.17. The summed E-state index contributed by atoms with van der Waals surface area (Å²) in [5.41, 5.74) is 0. The van der Waals surface area contributed by atoms with E-state index in [1.165, 1.54) is 16.3 Å². The van der Waals surface area contributed by atoms with Gasteiger partial charge in [-0.05, 0) is 19.8 Å². The predicted molar refractivity (Wildman–Crippen MR) is 49.0 cm³/mol. The molecule has 0 bridgehead atoms. The highest BCUT2D eigenvalue weighted by Crippen LogP contribution is 2.13. The summed E-state index contributed by atoms with van der Waals surface area (Å²) >= 11 is 5.19. The fourth-order valence-electron chi connectivity index (χ4n) is 0.762. The van der Waals surface area contributed by atoms with Gasteiger partial charge in [0.1, 0.15) is 0 Å². The van der Waals surface area contributed by atoms with E-state index >= 15 is 0 Å². The lowest BCUT2D eigenvalue weighted by atomic mass is 10.3. The molecule has 3 heteroatoms. The quantitative estimate of drug-likeness (QED) is 0.713. The third kappa shape index (κ3) is 2.39. The highest BCUT2D eigenvalue weighted by atomic mass is 79.9. The van der Waals surface area contributed by atoms with Crippen molar-refractivity contribution >= 4 is 27.3 Å². The number of thiazole rings is 1. The van der Waals surface area contributed by atoms with Gasteiger partial charge in [-0.1, -0.05) is 15.9 Å². The second kappa shape index (κ2) is 4.09. The molecule has 0 fully saturated rings. The summed E-state index contributed by atoms with van der Waals surface area (Å²) < 4.78 is 0. The number of aromatic nitrogens is 1. The molecule has 0 aliphatic heterocycles. The van der Waals surface area contributed by atoms with E-state index in [0.29, 0.717) is 0 Å². The fraction of sp³-hybridized carbons (Fsp3) is 0.571. The molecule has 0 radical (unpaired) electrons. The van der Waals surface area contributed by atoms with Crippen LogP contribution in [0.5, 0.6) is 0 Å². The van der Waals surface area contributed by atoms with Gasteiger partial charge in [-0.15, -0.1) is 11.3 Å². The van der Waals surface area contributed by atoms with E-state index < -0.39 is 0 Å². The van der Waals surface area contributed by atoms with Crippen LogP contribution in [0.2, 0.25) is 0 Å². The number of nitrogens with zero attached hydrogens (tertiary/aromatic N) is 1. The zero-order chi connectivity index (χ0) is 7.40. The largest absolute Gasteiger partial charge is 0.250 e. The van der Waals surface area contributed by atoms with Crippen molar-refractivity contribution < 1.29 is 0 Å². The highest BCUT2D eigenvalue weighted by molar-refractivity contribution is 9.09. The minimum Gasteiger partial charge on any atom is -0.250 e. The Kier molecular flexibility index (Phi) is 3.35. The van der Waals surface area contributed by atoms with E-state index in [9.17, 15) is 0 Å². The molecular formula is C7H10BrNS. The summed E-state index contributed by atoms with van der Waals surface area (Å²) in [5, 5.41) is 2.26. The van der Waals surface area contributed by atoms with Gasteiger partial charge in [0.05, 0.1) is 5.01 Å². The van der Waals surface area contributed by atoms with E-state index in [0.717, 1.165) is 11.8 Å². The average molecular weight is 220 g/mol. The monoisotopic (exact) mass is 219 g/mol. The molecule has 10 heavy (non-hydrogen) atoms. The Morgan fingerprint density at radius 2 is 2.50 bits per heavy atom. The van der Waals surface area contributed by atoms with Crippen LogP contribution in [0.25, 0.3) is 0 Å². The first-order valence-electron chi connectivity index (χ1n) is 3.30. The molecule has 0 saturated carbocycles. The summed E-state index contributed by atoms with van der Waals surface area (Å²) in [6, 6.07) is 0. The average Bonchev–Trinajstić information content (AvgIpc) is 2.31. The molecule has 0 amide bonds. The molecule has 0 aromatic carbocycles. The Hall–Kier alpha value is 0.110. The topological polar surface area (TPSA) is 12.9 Å². The van der Waals surface area contributed by atoms with Crippen molar-refractivity contribution in [3.63, 3.8) is 0 Å². The van der Waals surface area contributed by atoms with Gasteiger partial charge in [0.25, 0.3) is 0 Å². The second-order valence-corrected chi connectivity index (χ2v) is 4.25. The van der Waals surface area contributed by atoms with Crippen LogP contribution in [0.15, 0.2) is 6.20 Å². The third-order valence-corrected chi connectivity index (χ3v) is 2.76. The smallest absolute Gasteiger partial charge is 0.0896 e.